The lowest BCUT2D eigenvalue weighted by Gasteiger charge is -2.29. The van der Waals surface area contributed by atoms with Gasteiger partial charge in [-0.2, -0.15) is 0 Å². The van der Waals surface area contributed by atoms with Gasteiger partial charge >= 0.3 is 0 Å². The Morgan fingerprint density at radius 3 is 2.35 bits per heavy atom. The minimum Gasteiger partial charge on any atom is -0.366 e. The fraction of sp³-hybridized carbons (Fsp3) is 0.471. The number of hydrogen-bond acceptors (Lipinski definition) is 5. The molecular formula is C17H26N5S+. The van der Waals surface area contributed by atoms with Crippen LogP contribution < -0.4 is 4.90 Å². The summed E-state index contributed by atoms with van der Waals surface area (Å²) in [6.45, 7) is 7.30. The number of anilines is 1. The van der Waals surface area contributed by atoms with Crippen molar-refractivity contribution in [2.45, 2.75) is 13.8 Å². The van der Waals surface area contributed by atoms with Crippen LogP contribution in [-0.2, 0) is 0 Å². The molecule has 2 rings (SSSR count). The molecule has 0 spiro atoms. The predicted molar refractivity (Wildman–Crippen MR) is 98.3 cm³/mol. The highest BCUT2D eigenvalue weighted by atomic mass is 32.1. The molecule has 23 heavy (non-hydrogen) atoms. The first-order valence-corrected chi connectivity index (χ1v) is 8.74. The summed E-state index contributed by atoms with van der Waals surface area (Å²) in [7, 11) is 6.66. The summed E-state index contributed by atoms with van der Waals surface area (Å²) in [5, 5.41) is 11.1. The number of quaternary nitrogens is 1. The van der Waals surface area contributed by atoms with Crippen LogP contribution in [0.1, 0.15) is 12.6 Å². The van der Waals surface area contributed by atoms with Crippen molar-refractivity contribution in [2.75, 3.05) is 45.7 Å². The Hall–Kier alpha value is -1.79. The SMILES string of the molecule is CCN(CC[N+](C)(C)C)c1ccc(N=Nc2nc(C)cs2)cc1. The zero-order valence-corrected chi connectivity index (χ0v) is 15.5. The number of thiazole rings is 1. The monoisotopic (exact) mass is 332 g/mol. The molecule has 0 saturated heterocycles. The van der Waals surface area contributed by atoms with Crippen LogP contribution in [0, 0.1) is 6.92 Å². The molecule has 0 aliphatic carbocycles. The van der Waals surface area contributed by atoms with Crippen LogP contribution in [0.3, 0.4) is 0 Å². The number of azo groups is 1. The smallest absolute Gasteiger partial charge is 0.230 e. The fourth-order valence-electron chi connectivity index (χ4n) is 2.11. The van der Waals surface area contributed by atoms with E-state index in [2.05, 4.69) is 60.3 Å². The van der Waals surface area contributed by atoms with Gasteiger partial charge in [-0.25, -0.2) is 4.98 Å². The van der Waals surface area contributed by atoms with Crippen molar-refractivity contribution in [1.82, 2.24) is 4.98 Å². The third kappa shape index (κ3) is 5.73. The van der Waals surface area contributed by atoms with E-state index < -0.39 is 0 Å². The molecule has 0 N–H and O–H groups in total. The van der Waals surface area contributed by atoms with E-state index in [9.17, 15) is 0 Å². The van der Waals surface area contributed by atoms with E-state index >= 15 is 0 Å². The van der Waals surface area contributed by atoms with Crippen molar-refractivity contribution in [1.29, 1.82) is 0 Å². The second kappa shape index (κ2) is 7.66. The maximum absolute atomic E-state index is 4.28. The van der Waals surface area contributed by atoms with Crippen LogP contribution in [0.25, 0.3) is 0 Å². The van der Waals surface area contributed by atoms with Gasteiger partial charge in [-0.15, -0.1) is 21.6 Å². The number of benzene rings is 1. The predicted octanol–water partition coefficient (Wildman–Crippen LogP) is 4.40. The number of hydrogen-bond donors (Lipinski definition) is 0. The molecule has 5 nitrogen and oxygen atoms in total. The van der Waals surface area contributed by atoms with Crippen molar-refractivity contribution >= 4 is 27.8 Å². The third-order valence-electron chi connectivity index (χ3n) is 3.50. The summed E-state index contributed by atoms with van der Waals surface area (Å²) in [5.74, 6) is 0. The Morgan fingerprint density at radius 1 is 1.13 bits per heavy atom. The van der Waals surface area contributed by atoms with Gasteiger partial charge in [0.05, 0.1) is 45.6 Å². The minimum atomic E-state index is 0.699. The van der Waals surface area contributed by atoms with Crippen molar-refractivity contribution < 1.29 is 4.48 Å². The number of aromatic nitrogens is 1. The zero-order chi connectivity index (χ0) is 16.9. The number of rotatable bonds is 7. The van der Waals surface area contributed by atoms with Crippen LogP contribution >= 0.6 is 11.3 Å². The molecule has 0 bridgehead atoms. The summed E-state index contributed by atoms with van der Waals surface area (Å²) in [5.41, 5.74) is 3.06. The van der Waals surface area contributed by atoms with Crippen molar-refractivity contribution in [3.63, 3.8) is 0 Å². The van der Waals surface area contributed by atoms with E-state index in [1.807, 2.05) is 24.4 Å². The molecule has 0 atom stereocenters. The second-order valence-corrected chi connectivity index (χ2v) is 7.42. The van der Waals surface area contributed by atoms with Crippen LogP contribution in [0.2, 0.25) is 0 Å². The molecular weight excluding hydrogens is 306 g/mol. The van der Waals surface area contributed by atoms with Gasteiger partial charge in [-0.05, 0) is 38.1 Å². The zero-order valence-electron chi connectivity index (χ0n) is 14.7. The number of nitrogens with zero attached hydrogens (tertiary/aromatic N) is 5. The highest BCUT2D eigenvalue weighted by molar-refractivity contribution is 7.13. The largest absolute Gasteiger partial charge is 0.366 e. The van der Waals surface area contributed by atoms with Gasteiger partial charge < -0.3 is 9.38 Å². The molecule has 1 aromatic carbocycles. The summed E-state index contributed by atoms with van der Waals surface area (Å²) in [6.07, 6.45) is 0. The minimum absolute atomic E-state index is 0.699. The van der Waals surface area contributed by atoms with E-state index in [1.54, 1.807) is 0 Å². The average molecular weight is 332 g/mol. The normalized spacial score (nSPS) is 12.0. The molecule has 0 aliphatic heterocycles. The van der Waals surface area contributed by atoms with Gasteiger partial charge in [-0.3, -0.25) is 0 Å². The van der Waals surface area contributed by atoms with Crippen LogP contribution in [-0.4, -0.2) is 50.2 Å². The summed E-state index contributed by atoms with van der Waals surface area (Å²) in [6, 6.07) is 8.24. The molecule has 0 aliphatic rings. The fourth-order valence-corrected chi connectivity index (χ4v) is 2.72. The molecule has 0 radical (unpaired) electrons. The number of aryl methyl sites for hydroxylation is 1. The maximum atomic E-state index is 4.28. The first kappa shape index (κ1) is 17.6. The van der Waals surface area contributed by atoms with Crippen molar-refractivity contribution in [3.8, 4) is 0 Å². The van der Waals surface area contributed by atoms with Crippen LogP contribution in [0.5, 0.6) is 0 Å². The highest BCUT2D eigenvalue weighted by Gasteiger charge is 2.11. The molecule has 0 fully saturated rings. The number of likely N-dealkylation sites (N-methyl/N-ethyl adjacent to an activating group) is 2. The first-order valence-electron chi connectivity index (χ1n) is 7.87. The van der Waals surface area contributed by atoms with Gasteiger partial charge in [0.15, 0.2) is 0 Å². The van der Waals surface area contributed by atoms with Gasteiger partial charge in [-0.1, -0.05) is 0 Å². The molecule has 2 aromatic rings. The molecule has 124 valence electrons. The lowest BCUT2D eigenvalue weighted by atomic mass is 10.2. The van der Waals surface area contributed by atoms with Crippen LogP contribution in [0.4, 0.5) is 16.5 Å². The topological polar surface area (TPSA) is 40.9 Å². The quantitative estimate of drug-likeness (QED) is 0.557. The Kier molecular flexibility index (Phi) is 5.85. The average Bonchev–Trinajstić information content (AvgIpc) is 2.91. The molecule has 0 amide bonds. The van der Waals surface area contributed by atoms with E-state index in [0.29, 0.717) is 5.13 Å². The summed E-state index contributed by atoms with van der Waals surface area (Å²) >= 11 is 1.51. The van der Waals surface area contributed by atoms with Gasteiger partial charge in [0.2, 0.25) is 5.13 Å². The van der Waals surface area contributed by atoms with Gasteiger partial charge in [0.1, 0.15) is 0 Å². The highest BCUT2D eigenvalue weighted by Crippen LogP contribution is 2.24. The van der Waals surface area contributed by atoms with Gasteiger partial charge in [0, 0.05) is 17.6 Å². The Morgan fingerprint density at radius 2 is 1.83 bits per heavy atom. The van der Waals surface area contributed by atoms with E-state index in [0.717, 1.165) is 35.5 Å². The van der Waals surface area contributed by atoms with Crippen molar-refractivity contribution in [3.05, 3.63) is 35.3 Å². The molecule has 1 heterocycles. The van der Waals surface area contributed by atoms with Crippen molar-refractivity contribution in [2.24, 2.45) is 10.2 Å². The second-order valence-electron chi connectivity index (χ2n) is 6.58. The Balaban J connectivity index is 2.01. The summed E-state index contributed by atoms with van der Waals surface area (Å²) < 4.78 is 0.968. The molecule has 0 unspecified atom stereocenters. The molecule has 6 heteroatoms. The Bertz CT molecular complexity index is 640. The van der Waals surface area contributed by atoms with E-state index in [4.69, 9.17) is 0 Å². The first-order chi connectivity index (χ1) is 10.9. The lowest BCUT2D eigenvalue weighted by Crippen LogP contribution is -2.42. The molecule has 1 aromatic heterocycles. The van der Waals surface area contributed by atoms with Crippen LogP contribution in [0.15, 0.2) is 39.9 Å². The van der Waals surface area contributed by atoms with Gasteiger partial charge in [0.25, 0.3) is 0 Å². The van der Waals surface area contributed by atoms with E-state index in [-0.39, 0.29) is 0 Å². The van der Waals surface area contributed by atoms with E-state index in [1.165, 1.54) is 17.0 Å². The maximum Gasteiger partial charge on any atom is 0.230 e. The Labute approximate surface area is 142 Å². The third-order valence-corrected chi connectivity index (χ3v) is 4.34. The lowest BCUT2D eigenvalue weighted by molar-refractivity contribution is -0.868. The standard InChI is InChI=1S/C17H26N5S/c1-6-21(11-12-22(3,4)5)16-9-7-15(8-10-16)19-20-17-18-14(2)13-23-17/h7-10,13H,6,11-12H2,1-5H3/q+1. The molecule has 0 saturated carbocycles. The summed E-state index contributed by atoms with van der Waals surface area (Å²) in [4.78, 5) is 6.66.